The van der Waals surface area contributed by atoms with E-state index in [0.29, 0.717) is 22.2 Å². The lowest BCUT2D eigenvalue weighted by Gasteiger charge is -2.08. The fraction of sp³-hybridized carbons (Fsp3) is 0.125. The number of rotatable bonds is 4. The smallest absolute Gasteiger partial charge is 0.340 e. The molecule has 0 spiro atoms. The summed E-state index contributed by atoms with van der Waals surface area (Å²) in [5, 5.41) is 2.94. The normalized spacial score (nSPS) is 11.9. The quantitative estimate of drug-likeness (QED) is 0.650. The Morgan fingerprint density at radius 3 is 2.79 bits per heavy atom. The van der Waals surface area contributed by atoms with Gasteiger partial charge in [0.1, 0.15) is 0 Å². The Labute approximate surface area is 142 Å². The second kappa shape index (κ2) is 6.67. The molecule has 0 bridgehead atoms. The van der Waals surface area contributed by atoms with E-state index in [1.807, 2.05) is 0 Å². The Bertz CT molecular complexity index is 809. The molecule has 0 unspecified atom stereocenters. The molecule has 0 aromatic heterocycles. The lowest BCUT2D eigenvalue weighted by atomic mass is 10.2. The first-order valence-corrected chi connectivity index (χ1v) is 7.32. The molecule has 1 aliphatic heterocycles. The second-order valence-corrected chi connectivity index (χ2v) is 5.36. The highest BCUT2D eigenvalue weighted by atomic mass is 35.5. The predicted molar refractivity (Wildman–Crippen MR) is 87.3 cm³/mol. The summed E-state index contributed by atoms with van der Waals surface area (Å²) in [6.45, 7) is -0.315. The Hall–Kier alpha value is -2.93. The fourth-order valence-corrected chi connectivity index (χ4v) is 2.26. The highest BCUT2D eigenvalue weighted by Crippen LogP contribution is 2.34. The number of fused-ring (bicyclic) bond motifs is 1. The monoisotopic (exact) mass is 348 g/mol. The van der Waals surface area contributed by atoms with Gasteiger partial charge in [0.15, 0.2) is 18.1 Å². The molecule has 3 N–H and O–H groups in total. The number of halogens is 1. The number of amides is 1. The number of anilines is 2. The van der Waals surface area contributed by atoms with Crippen molar-refractivity contribution in [2.75, 3.05) is 24.5 Å². The number of hydrogen-bond acceptors (Lipinski definition) is 6. The number of carbonyl (C=O) groups excluding carboxylic acids is 2. The van der Waals surface area contributed by atoms with Crippen LogP contribution >= 0.6 is 11.6 Å². The summed E-state index contributed by atoms with van der Waals surface area (Å²) in [4.78, 5) is 23.8. The zero-order valence-corrected chi connectivity index (χ0v) is 13.1. The van der Waals surface area contributed by atoms with Gasteiger partial charge in [0.2, 0.25) is 6.79 Å². The summed E-state index contributed by atoms with van der Waals surface area (Å²) in [5.74, 6) is -0.0778. The lowest BCUT2D eigenvalue weighted by Crippen LogP contribution is -2.21. The van der Waals surface area contributed by atoms with Gasteiger partial charge in [-0.05, 0) is 30.3 Å². The third-order valence-electron chi connectivity index (χ3n) is 3.23. The minimum absolute atomic E-state index is 0.110. The third kappa shape index (κ3) is 3.52. The van der Waals surface area contributed by atoms with Gasteiger partial charge >= 0.3 is 5.97 Å². The van der Waals surface area contributed by atoms with E-state index in [1.165, 1.54) is 12.1 Å². The van der Waals surface area contributed by atoms with Crippen LogP contribution in [0, 0.1) is 0 Å². The van der Waals surface area contributed by atoms with Crippen LogP contribution in [0.15, 0.2) is 36.4 Å². The number of hydrogen-bond donors (Lipinski definition) is 2. The summed E-state index contributed by atoms with van der Waals surface area (Å²) in [6, 6.07) is 9.39. The summed E-state index contributed by atoms with van der Waals surface area (Å²) < 4.78 is 15.3. The van der Waals surface area contributed by atoms with Crippen molar-refractivity contribution in [2.45, 2.75) is 0 Å². The lowest BCUT2D eigenvalue weighted by molar-refractivity contribution is -0.119. The molecule has 1 aliphatic rings. The van der Waals surface area contributed by atoms with Gasteiger partial charge in [-0.3, -0.25) is 4.79 Å². The molecular weight excluding hydrogens is 336 g/mol. The number of esters is 1. The highest BCUT2D eigenvalue weighted by molar-refractivity contribution is 6.31. The van der Waals surface area contributed by atoms with E-state index in [2.05, 4.69) is 5.32 Å². The average Bonchev–Trinajstić information content (AvgIpc) is 3.02. The molecule has 3 rings (SSSR count). The largest absolute Gasteiger partial charge is 0.454 e. The highest BCUT2D eigenvalue weighted by Gasteiger charge is 2.16. The fourth-order valence-electron chi connectivity index (χ4n) is 2.09. The van der Waals surface area contributed by atoms with Crippen molar-refractivity contribution in [3.05, 3.63) is 47.0 Å². The molecule has 1 amide bonds. The molecule has 0 saturated heterocycles. The topological polar surface area (TPSA) is 99.9 Å². The summed E-state index contributed by atoms with van der Waals surface area (Å²) in [6.07, 6.45) is 0. The standard InChI is InChI=1S/C16H13ClN2O5/c17-9-1-3-12(18)11(5-9)16(21)22-7-15(20)19-10-2-4-13-14(6-10)24-8-23-13/h1-6H,7-8,18H2,(H,19,20). The van der Waals surface area contributed by atoms with Gasteiger partial charge in [-0.25, -0.2) is 4.79 Å². The van der Waals surface area contributed by atoms with Crippen molar-refractivity contribution in [2.24, 2.45) is 0 Å². The van der Waals surface area contributed by atoms with Gasteiger partial charge in [-0.15, -0.1) is 0 Å². The second-order valence-electron chi connectivity index (χ2n) is 4.92. The average molecular weight is 349 g/mol. The summed E-state index contributed by atoms with van der Waals surface area (Å²) >= 11 is 5.81. The van der Waals surface area contributed by atoms with Gasteiger partial charge in [-0.2, -0.15) is 0 Å². The van der Waals surface area contributed by atoms with Crippen molar-refractivity contribution < 1.29 is 23.8 Å². The van der Waals surface area contributed by atoms with E-state index >= 15 is 0 Å². The van der Waals surface area contributed by atoms with E-state index in [-0.39, 0.29) is 18.0 Å². The maximum atomic E-state index is 12.0. The Kier molecular flexibility index (Phi) is 4.43. The van der Waals surface area contributed by atoms with E-state index < -0.39 is 18.5 Å². The van der Waals surface area contributed by atoms with Crippen LogP contribution in [0.1, 0.15) is 10.4 Å². The van der Waals surface area contributed by atoms with Crippen LogP contribution in [0.3, 0.4) is 0 Å². The number of carbonyl (C=O) groups is 2. The van der Waals surface area contributed by atoms with Crippen LogP contribution in [-0.2, 0) is 9.53 Å². The minimum atomic E-state index is -0.726. The molecule has 7 nitrogen and oxygen atoms in total. The van der Waals surface area contributed by atoms with Gasteiger partial charge < -0.3 is 25.3 Å². The molecule has 0 saturated carbocycles. The van der Waals surface area contributed by atoms with Crippen LogP contribution < -0.4 is 20.5 Å². The number of nitrogen functional groups attached to an aromatic ring is 1. The van der Waals surface area contributed by atoms with E-state index in [1.54, 1.807) is 24.3 Å². The minimum Gasteiger partial charge on any atom is -0.454 e. The molecule has 124 valence electrons. The van der Waals surface area contributed by atoms with Gasteiger partial charge in [0, 0.05) is 22.5 Å². The molecule has 24 heavy (non-hydrogen) atoms. The van der Waals surface area contributed by atoms with E-state index in [0.717, 1.165) is 0 Å². The maximum absolute atomic E-state index is 12.0. The zero-order valence-electron chi connectivity index (χ0n) is 12.4. The first-order chi connectivity index (χ1) is 11.5. The predicted octanol–water partition coefficient (Wildman–Crippen LogP) is 2.45. The summed E-state index contributed by atoms with van der Waals surface area (Å²) in [5.41, 5.74) is 6.52. The maximum Gasteiger partial charge on any atom is 0.340 e. The van der Waals surface area contributed by atoms with Crippen molar-refractivity contribution in [1.29, 1.82) is 0 Å². The molecule has 0 aliphatic carbocycles. The van der Waals surface area contributed by atoms with Crippen molar-refractivity contribution in [3.63, 3.8) is 0 Å². The number of nitrogens with one attached hydrogen (secondary N) is 1. The number of ether oxygens (including phenoxy) is 3. The van der Waals surface area contributed by atoms with Gasteiger partial charge in [0.25, 0.3) is 5.91 Å². The zero-order chi connectivity index (χ0) is 17.1. The molecule has 0 fully saturated rings. The van der Waals surface area contributed by atoms with E-state index in [9.17, 15) is 9.59 Å². The van der Waals surface area contributed by atoms with Crippen molar-refractivity contribution in [3.8, 4) is 11.5 Å². The molecule has 2 aromatic carbocycles. The van der Waals surface area contributed by atoms with Crippen LogP contribution in [0.4, 0.5) is 11.4 Å². The van der Waals surface area contributed by atoms with Crippen LogP contribution in [-0.4, -0.2) is 25.3 Å². The van der Waals surface area contributed by atoms with Gasteiger partial charge in [-0.1, -0.05) is 11.6 Å². The van der Waals surface area contributed by atoms with Gasteiger partial charge in [0.05, 0.1) is 5.56 Å². The number of benzene rings is 2. The number of nitrogens with two attached hydrogens (primary N) is 1. The van der Waals surface area contributed by atoms with E-state index in [4.69, 9.17) is 31.5 Å². The third-order valence-corrected chi connectivity index (χ3v) is 3.46. The molecular formula is C16H13ClN2O5. The Morgan fingerprint density at radius 1 is 1.17 bits per heavy atom. The Morgan fingerprint density at radius 2 is 1.96 bits per heavy atom. The molecule has 1 heterocycles. The molecule has 2 aromatic rings. The Balaban J connectivity index is 1.57. The van der Waals surface area contributed by atoms with Crippen LogP contribution in [0.5, 0.6) is 11.5 Å². The molecule has 8 heteroatoms. The van der Waals surface area contributed by atoms with Crippen molar-refractivity contribution in [1.82, 2.24) is 0 Å². The SMILES string of the molecule is Nc1ccc(Cl)cc1C(=O)OCC(=O)Nc1ccc2c(c1)OCO2. The molecule has 0 radical (unpaired) electrons. The van der Waals surface area contributed by atoms with Crippen LogP contribution in [0.2, 0.25) is 5.02 Å². The first kappa shape index (κ1) is 15.9. The first-order valence-electron chi connectivity index (χ1n) is 6.94. The molecule has 0 atom stereocenters. The summed E-state index contributed by atoms with van der Waals surface area (Å²) in [7, 11) is 0. The van der Waals surface area contributed by atoms with Crippen molar-refractivity contribution >= 4 is 34.9 Å². The van der Waals surface area contributed by atoms with Crippen LogP contribution in [0.25, 0.3) is 0 Å².